The van der Waals surface area contributed by atoms with Gasteiger partial charge in [0, 0.05) is 62.0 Å². The quantitative estimate of drug-likeness (QED) is 0.154. The molecule has 408 valence electrons. The molecular weight excluding hydrogens is 1020 g/mol. The summed E-state index contributed by atoms with van der Waals surface area (Å²) in [4.78, 5) is 2.52. The Balaban J connectivity index is 1.13. The van der Waals surface area contributed by atoms with Crippen molar-refractivity contribution in [3.8, 4) is 44.9 Å². The Labute approximate surface area is 507 Å². The van der Waals surface area contributed by atoms with E-state index in [2.05, 4.69) is 261 Å². The van der Waals surface area contributed by atoms with Gasteiger partial charge >= 0.3 is 0 Å². The average Bonchev–Trinajstić information content (AvgIpc) is 0.808. The number of anilines is 3. The van der Waals surface area contributed by atoms with E-state index in [0.717, 1.165) is 112 Å². The minimum atomic E-state index is -0.929. The van der Waals surface area contributed by atoms with E-state index in [-0.39, 0.29) is 70.1 Å². The molecule has 0 radical (unpaired) electrons. The molecule has 12 aromatic rings. The van der Waals surface area contributed by atoms with Crippen LogP contribution in [0.25, 0.3) is 55.2 Å². The lowest BCUT2D eigenvalue weighted by Gasteiger charge is -2.51. The number of aromatic nitrogens is 1. The zero-order valence-corrected chi connectivity index (χ0v) is 49.1. The maximum absolute atomic E-state index is 9.52. The summed E-state index contributed by atoms with van der Waals surface area (Å²) >= 11 is 0. The number of rotatable bonds is 6. The molecule has 4 heterocycles. The van der Waals surface area contributed by atoms with Crippen LogP contribution in [-0.2, 0) is 28.2 Å². The topological polar surface area (TPSA) is 17.4 Å². The van der Waals surface area contributed by atoms with Gasteiger partial charge in [-0.25, -0.2) is 0 Å². The minimum absolute atomic E-state index is 0.000437. The molecule has 0 aliphatic carbocycles. The van der Waals surface area contributed by atoms with Crippen LogP contribution in [0.5, 0.6) is 11.5 Å². The van der Waals surface area contributed by atoms with Gasteiger partial charge in [0.05, 0.1) is 22.1 Å². The zero-order chi connectivity index (χ0) is 64.4. The summed E-state index contributed by atoms with van der Waals surface area (Å²) in [5, 5.41) is 0.113. The summed E-state index contributed by atoms with van der Waals surface area (Å²) in [6.07, 6.45) is 0. The molecule has 1 spiro atoms. The molecule has 0 amide bonds. The molecule has 0 atom stereocenters. The molecule has 84 heavy (non-hydrogen) atoms. The number of nitrogens with zero attached hydrogens (tertiary/aromatic N) is 2. The van der Waals surface area contributed by atoms with Gasteiger partial charge in [-0.1, -0.05) is 262 Å². The first-order valence-corrected chi connectivity index (χ1v) is 29.4. The fourth-order valence-corrected chi connectivity index (χ4v) is 13.9. The van der Waals surface area contributed by atoms with Crippen molar-refractivity contribution in [3.05, 3.63) is 287 Å². The number of ether oxygens (including phenoxy) is 1. The van der Waals surface area contributed by atoms with Crippen LogP contribution in [0.4, 0.5) is 17.1 Å². The number of fused-ring (bicyclic) bond motifs is 13. The van der Waals surface area contributed by atoms with E-state index in [1.807, 2.05) is 0 Å². The summed E-state index contributed by atoms with van der Waals surface area (Å²) < 4.78 is 82.1. The van der Waals surface area contributed by atoms with Gasteiger partial charge in [0.15, 0.2) is 0 Å². The highest BCUT2D eigenvalue weighted by molar-refractivity contribution is 6.99. The average molecular weight is 1090 g/mol. The van der Waals surface area contributed by atoms with Crippen molar-refractivity contribution in [2.45, 2.75) is 90.5 Å². The van der Waals surface area contributed by atoms with Crippen LogP contribution in [0, 0.1) is 0 Å². The van der Waals surface area contributed by atoms with Gasteiger partial charge in [0.1, 0.15) is 11.5 Å². The first kappa shape index (κ1) is 43.6. The molecule has 0 saturated heterocycles. The molecule has 11 aromatic carbocycles. The van der Waals surface area contributed by atoms with Crippen LogP contribution >= 0.6 is 0 Å². The molecule has 0 bridgehead atoms. The molecule has 3 aliphatic heterocycles. The highest BCUT2D eigenvalue weighted by Crippen LogP contribution is 2.59. The molecule has 0 unspecified atom stereocenters. The van der Waals surface area contributed by atoms with E-state index in [0.29, 0.717) is 0 Å². The lowest BCUT2D eigenvalue weighted by Crippen LogP contribution is -2.65. The molecule has 0 fully saturated rings. The number of hydrogen-bond acceptors (Lipinski definition) is 2. The maximum atomic E-state index is 9.52. The largest absolute Gasteiger partial charge is 0.457 e. The zero-order valence-electron chi connectivity index (χ0n) is 57.1. The summed E-state index contributed by atoms with van der Waals surface area (Å²) in [6.45, 7) is 20.1. The maximum Gasteiger partial charge on any atom is 0.247 e. The van der Waals surface area contributed by atoms with E-state index < -0.39 is 35.0 Å². The predicted octanol–water partition coefficient (Wildman–Crippen LogP) is 18.8. The highest BCUT2D eigenvalue weighted by Gasteiger charge is 2.55. The number of para-hydroxylation sites is 4. The molecule has 3 aliphatic rings. The lowest BCUT2D eigenvalue weighted by molar-refractivity contribution is 0.435. The fraction of sp³-hybridized carbons (Fsp3) is 0.175. The van der Waals surface area contributed by atoms with Crippen molar-refractivity contribution in [3.63, 3.8) is 0 Å². The van der Waals surface area contributed by atoms with Crippen molar-refractivity contribution in [2.24, 2.45) is 0 Å². The Bertz CT molecular complexity index is 4930. The number of benzene rings is 11. The first-order chi connectivity index (χ1) is 43.9. The van der Waals surface area contributed by atoms with Crippen molar-refractivity contribution >= 4 is 62.0 Å². The van der Waals surface area contributed by atoms with Crippen molar-refractivity contribution in [2.75, 3.05) is 4.90 Å². The minimum Gasteiger partial charge on any atom is -0.457 e. The second-order valence-corrected chi connectivity index (χ2v) is 26.3. The van der Waals surface area contributed by atoms with Crippen LogP contribution < -0.4 is 26.0 Å². The monoisotopic (exact) mass is 1090 g/mol. The molecule has 15 rings (SSSR count). The summed E-state index contributed by atoms with van der Waals surface area (Å²) in [7, 11) is 0. The second kappa shape index (κ2) is 19.0. The Kier molecular flexibility index (Phi) is 9.83. The van der Waals surface area contributed by atoms with E-state index >= 15 is 0 Å². The molecular formula is C80H69BN2O. The molecule has 3 nitrogen and oxygen atoms in total. The Morgan fingerprint density at radius 1 is 0.429 bits per heavy atom. The van der Waals surface area contributed by atoms with Gasteiger partial charge in [0.25, 0.3) is 0 Å². The van der Waals surface area contributed by atoms with E-state index in [9.17, 15) is 5.48 Å². The fourth-order valence-electron chi connectivity index (χ4n) is 13.9. The molecule has 1 aromatic heterocycles. The van der Waals surface area contributed by atoms with Crippen molar-refractivity contribution < 1.29 is 15.7 Å². The van der Waals surface area contributed by atoms with Gasteiger partial charge < -0.3 is 14.2 Å². The van der Waals surface area contributed by atoms with Crippen molar-refractivity contribution in [1.29, 1.82) is 0 Å². The first-order valence-electron chi connectivity index (χ1n) is 33.4. The molecule has 0 saturated carbocycles. The van der Waals surface area contributed by atoms with Crippen LogP contribution in [0.3, 0.4) is 0 Å². The van der Waals surface area contributed by atoms with Crippen LogP contribution in [0.15, 0.2) is 242 Å². The normalized spacial score (nSPS) is 15.3. The Morgan fingerprint density at radius 3 is 1.55 bits per heavy atom. The third kappa shape index (κ3) is 8.01. The summed E-state index contributed by atoms with van der Waals surface area (Å²) in [5.41, 5.74) is 19.8. The predicted molar refractivity (Wildman–Crippen MR) is 355 cm³/mol. The van der Waals surface area contributed by atoms with E-state index in [1.54, 1.807) is 4.57 Å². The molecule has 0 N–H and O–H groups in total. The molecule has 4 heteroatoms. The summed E-state index contributed by atoms with van der Waals surface area (Å²) in [6, 6.07) is 67.7. The standard InChI is InChI=1S/C80H69BN2O/c1-77(2,3)56-30-24-29-54(44-56)55-40-42-67-65(45-55)80(63-33-18-22-37-73(63)84-74-38-23-19-34-64(74)80)66-48-58(79(7,8)9)49-72-75(66)81(67)68-41-39-51(50-82-69-35-20-16-31-59(69)60-32-17-21-36-70(60)82)43-71(68)83(72)76-61(52-25-12-10-13-26-52)46-57(78(4,5)6)47-62(76)53-27-14-11-15-28-53/h10-49H,50H2,1-9H3/i16D,17D,20D,21D,31D,32D,35D,36D. The van der Waals surface area contributed by atoms with Gasteiger partial charge in [0.2, 0.25) is 6.71 Å². The van der Waals surface area contributed by atoms with E-state index in [4.69, 9.17) is 10.2 Å². The van der Waals surface area contributed by atoms with Crippen LogP contribution in [-0.4, -0.2) is 11.3 Å². The van der Waals surface area contributed by atoms with Gasteiger partial charge in [-0.15, -0.1) is 0 Å². The highest BCUT2D eigenvalue weighted by atomic mass is 16.5. The van der Waals surface area contributed by atoms with Gasteiger partial charge in [-0.3, -0.25) is 0 Å². The van der Waals surface area contributed by atoms with Crippen LogP contribution in [0.2, 0.25) is 0 Å². The Morgan fingerprint density at radius 2 is 0.952 bits per heavy atom. The lowest BCUT2D eigenvalue weighted by atomic mass is 9.29. The van der Waals surface area contributed by atoms with Gasteiger partial charge in [-0.2, -0.15) is 0 Å². The smallest absolute Gasteiger partial charge is 0.247 e. The third-order valence-corrected chi connectivity index (χ3v) is 18.1. The SMILES string of the molecule is [2H]c1c([2H])c([2H])c2c(c1[2H])c1c([2H])c([2H])c([2H])c([2H])c1n2Cc1ccc2c(c1)N(c1c(-c3ccccc3)cc(C(C)(C)C)cc1-c1ccccc1)c1cc(C(C)(C)C)cc3c1B2c1ccc(-c2cccc(C(C)(C)C)c2)cc1C31c2ccccc2Oc2ccccc21. The van der Waals surface area contributed by atoms with E-state index in [1.165, 1.54) is 11.1 Å². The third-order valence-electron chi connectivity index (χ3n) is 18.1. The summed E-state index contributed by atoms with van der Waals surface area (Å²) in [5.74, 6) is 1.58. The van der Waals surface area contributed by atoms with Crippen LogP contribution in [0.1, 0.15) is 118 Å². The second-order valence-electron chi connectivity index (χ2n) is 26.3. The van der Waals surface area contributed by atoms with Gasteiger partial charge in [-0.05, 0) is 131 Å². The van der Waals surface area contributed by atoms with Crippen molar-refractivity contribution in [1.82, 2.24) is 4.57 Å². The Hall–Kier alpha value is -9.12. The number of hydrogen-bond donors (Lipinski definition) is 0.